The van der Waals surface area contributed by atoms with Crippen LogP contribution in [0.3, 0.4) is 0 Å². The first-order valence-corrected chi connectivity index (χ1v) is 8.09. The number of rotatable bonds is 6. The van der Waals surface area contributed by atoms with Crippen LogP contribution in [0, 0.1) is 0 Å². The summed E-state index contributed by atoms with van der Waals surface area (Å²) in [5.41, 5.74) is 0. The first kappa shape index (κ1) is 16.2. The molecular weight excluding hydrogens is 308 g/mol. The molecule has 0 aromatic carbocycles. The van der Waals surface area contributed by atoms with Gasteiger partial charge in [-0.15, -0.1) is 0 Å². The van der Waals surface area contributed by atoms with E-state index in [9.17, 15) is 13.2 Å². The molecule has 2 aromatic rings. The molecule has 0 bridgehead atoms. The van der Waals surface area contributed by atoms with Crippen molar-refractivity contribution in [2.45, 2.75) is 24.9 Å². The number of sulfonamides is 1. The maximum absolute atomic E-state index is 12.0. The van der Waals surface area contributed by atoms with Crippen molar-refractivity contribution < 1.29 is 13.2 Å². The number of aryl methyl sites for hydroxylation is 1. The van der Waals surface area contributed by atoms with Gasteiger partial charge in [0.2, 0.25) is 5.91 Å². The SMILES string of the molecule is CC(C)n1cnc(S(=O)(=O)NCC(=O)Nc2ccn(C)n2)c1. The van der Waals surface area contributed by atoms with Crippen molar-refractivity contribution in [3.8, 4) is 0 Å². The van der Waals surface area contributed by atoms with Gasteiger partial charge in [0.05, 0.1) is 12.9 Å². The van der Waals surface area contributed by atoms with Gasteiger partial charge in [0.15, 0.2) is 10.8 Å². The van der Waals surface area contributed by atoms with E-state index in [-0.39, 0.29) is 11.1 Å². The Hall–Kier alpha value is -2.20. The Morgan fingerprint density at radius 3 is 2.68 bits per heavy atom. The summed E-state index contributed by atoms with van der Waals surface area (Å²) in [5, 5.41) is 6.34. The normalized spacial score (nSPS) is 11.8. The molecule has 2 aromatic heterocycles. The van der Waals surface area contributed by atoms with Gasteiger partial charge >= 0.3 is 0 Å². The average molecular weight is 326 g/mol. The predicted octanol–water partition coefficient (Wildman–Crippen LogP) is 0.115. The second kappa shape index (κ2) is 6.28. The molecule has 0 fully saturated rings. The number of amides is 1. The minimum atomic E-state index is -3.82. The Balaban J connectivity index is 1.95. The number of aromatic nitrogens is 4. The van der Waals surface area contributed by atoms with E-state index < -0.39 is 22.5 Å². The number of hydrogen-bond donors (Lipinski definition) is 2. The summed E-state index contributed by atoms with van der Waals surface area (Å²) >= 11 is 0. The van der Waals surface area contributed by atoms with Crippen LogP contribution in [-0.2, 0) is 21.9 Å². The third-order valence-electron chi connectivity index (χ3n) is 2.85. The fraction of sp³-hybridized carbons (Fsp3) is 0.417. The Bertz CT molecular complexity index is 761. The first-order chi connectivity index (χ1) is 10.3. The van der Waals surface area contributed by atoms with Crippen molar-refractivity contribution in [1.29, 1.82) is 0 Å². The van der Waals surface area contributed by atoms with E-state index in [0.717, 1.165) is 0 Å². The number of hydrogen-bond acceptors (Lipinski definition) is 5. The van der Waals surface area contributed by atoms with Crippen molar-refractivity contribution in [3.63, 3.8) is 0 Å². The molecule has 0 saturated heterocycles. The van der Waals surface area contributed by atoms with Crippen molar-refractivity contribution >= 4 is 21.7 Å². The number of nitrogens with one attached hydrogen (secondary N) is 2. The largest absolute Gasteiger partial charge is 0.334 e. The van der Waals surface area contributed by atoms with Crippen LogP contribution < -0.4 is 10.0 Å². The molecule has 0 aliphatic rings. The van der Waals surface area contributed by atoms with Crippen LogP contribution in [0.5, 0.6) is 0 Å². The van der Waals surface area contributed by atoms with Crippen LogP contribution >= 0.6 is 0 Å². The summed E-state index contributed by atoms with van der Waals surface area (Å²) in [6, 6.07) is 1.71. The summed E-state index contributed by atoms with van der Waals surface area (Å²) in [5.74, 6) is -0.152. The summed E-state index contributed by atoms with van der Waals surface area (Å²) in [6.07, 6.45) is 4.52. The van der Waals surface area contributed by atoms with Crippen LogP contribution in [0.25, 0.3) is 0 Å². The lowest BCUT2D eigenvalue weighted by molar-refractivity contribution is -0.115. The maximum Gasteiger partial charge on any atom is 0.260 e. The van der Waals surface area contributed by atoms with Crippen LogP contribution in [0.2, 0.25) is 0 Å². The topological polar surface area (TPSA) is 111 Å². The van der Waals surface area contributed by atoms with E-state index in [1.54, 1.807) is 23.9 Å². The second-order valence-corrected chi connectivity index (χ2v) is 6.71. The quantitative estimate of drug-likeness (QED) is 0.783. The van der Waals surface area contributed by atoms with Crippen molar-refractivity contribution in [2.24, 2.45) is 7.05 Å². The predicted molar refractivity (Wildman–Crippen MR) is 79.6 cm³/mol. The molecule has 0 aliphatic heterocycles. The van der Waals surface area contributed by atoms with Crippen molar-refractivity contribution in [3.05, 3.63) is 24.8 Å². The van der Waals surface area contributed by atoms with E-state index in [4.69, 9.17) is 0 Å². The monoisotopic (exact) mass is 326 g/mol. The third kappa shape index (κ3) is 3.92. The van der Waals surface area contributed by atoms with E-state index in [0.29, 0.717) is 5.82 Å². The zero-order valence-corrected chi connectivity index (χ0v) is 13.3. The van der Waals surface area contributed by atoms with E-state index in [2.05, 4.69) is 20.1 Å². The van der Waals surface area contributed by atoms with Crippen molar-refractivity contribution in [2.75, 3.05) is 11.9 Å². The highest BCUT2D eigenvalue weighted by Gasteiger charge is 2.19. The van der Waals surface area contributed by atoms with Gasteiger partial charge in [-0.3, -0.25) is 9.48 Å². The molecule has 9 nitrogen and oxygen atoms in total. The highest BCUT2D eigenvalue weighted by molar-refractivity contribution is 7.89. The van der Waals surface area contributed by atoms with Gasteiger partial charge in [0, 0.05) is 31.5 Å². The van der Waals surface area contributed by atoms with Gasteiger partial charge in [-0.05, 0) is 13.8 Å². The summed E-state index contributed by atoms with van der Waals surface area (Å²) < 4.78 is 29.5. The lowest BCUT2D eigenvalue weighted by Gasteiger charge is -2.05. The molecule has 22 heavy (non-hydrogen) atoms. The molecule has 2 N–H and O–H groups in total. The lowest BCUT2D eigenvalue weighted by atomic mass is 10.4. The van der Waals surface area contributed by atoms with Crippen molar-refractivity contribution in [1.82, 2.24) is 24.1 Å². The van der Waals surface area contributed by atoms with Gasteiger partial charge in [0.25, 0.3) is 10.0 Å². The van der Waals surface area contributed by atoms with Crippen LogP contribution in [-0.4, -0.2) is 40.2 Å². The standard InChI is InChI=1S/C12H18N6O3S/c1-9(2)18-7-12(13-8-18)22(20,21)14-6-11(19)15-10-4-5-17(3)16-10/h4-5,7-9,14H,6H2,1-3H3,(H,15,16,19). The van der Waals surface area contributed by atoms with Gasteiger partial charge in [-0.25, -0.2) is 18.1 Å². The third-order valence-corrected chi connectivity index (χ3v) is 4.14. The van der Waals surface area contributed by atoms with Gasteiger partial charge in [-0.1, -0.05) is 0 Å². The molecule has 0 spiro atoms. The number of imidazole rings is 1. The molecule has 2 heterocycles. The van der Waals surface area contributed by atoms with Gasteiger partial charge in [-0.2, -0.15) is 5.10 Å². The Morgan fingerprint density at radius 1 is 1.41 bits per heavy atom. The molecule has 10 heteroatoms. The Kier molecular flexibility index (Phi) is 4.62. The zero-order valence-electron chi connectivity index (χ0n) is 12.5. The van der Waals surface area contributed by atoms with E-state index in [1.165, 1.54) is 17.2 Å². The molecule has 2 rings (SSSR count). The fourth-order valence-corrected chi connectivity index (χ4v) is 2.56. The summed E-state index contributed by atoms with van der Waals surface area (Å²) in [7, 11) is -2.11. The van der Waals surface area contributed by atoms with Gasteiger partial charge in [0.1, 0.15) is 0 Å². The highest BCUT2D eigenvalue weighted by atomic mass is 32.2. The lowest BCUT2D eigenvalue weighted by Crippen LogP contribution is -2.33. The first-order valence-electron chi connectivity index (χ1n) is 6.60. The Labute approximate surface area is 128 Å². The molecule has 1 amide bonds. The minimum absolute atomic E-state index is 0.101. The van der Waals surface area contributed by atoms with Crippen LogP contribution in [0.1, 0.15) is 19.9 Å². The molecule has 0 aliphatic carbocycles. The maximum atomic E-state index is 12.0. The smallest absolute Gasteiger partial charge is 0.260 e. The number of carbonyl (C=O) groups excluding carboxylic acids is 1. The van der Waals surface area contributed by atoms with E-state index in [1.807, 2.05) is 13.8 Å². The highest BCUT2D eigenvalue weighted by Crippen LogP contribution is 2.10. The van der Waals surface area contributed by atoms with Crippen LogP contribution in [0.15, 0.2) is 29.8 Å². The molecule has 0 radical (unpaired) electrons. The molecule has 0 atom stereocenters. The second-order valence-electron chi connectivity index (χ2n) is 5.00. The molecular formula is C12H18N6O3S. The number of anilines is 1. The minimum Gasteiger partial charge on any atom is -0.334 e. The van der Waals surface area contributed by atoms with Gasteiger partial charge < -0.3 is 9.88 Å². The molecule has 120 valence electrons. The zero-order chi connectivity index (χ0) is 16.3. The number of nitrogens with zero attached hydrogens (tertiary/aromatic N) is 4. The molecule has 0 saturated carbocycles. The number of carbonyl (C=O) groups is 1. The summed E-state index contributed by atoms with van der Waals surface area (Å²) in [4.78, 5) is 15.5. The van der Waals surface area contributed by atoms with E-state index >= 15 is 0 Å². The summed E-state index contributed by atoms with van der Waals surface area (Å²) in [6.45, 7) is 3.42. The average Bonchev–Trinajstić information content (AvgIpc) is 3.06. The molecule has 0 unspecified atom stereocenters. The fourth-order valence-electron chi connectivity index (χ4n) is 1.64. The van der Waals surface area contributed by atoms with Crippen LogP contribution in [0.4, 0.5) is 5.82 Å². The Morgan fingerprint density at radius 2 is 2.14 bits per heavy atom.